The Morgan fingerprint density at radius 3 is 2.25 bits per heavy atom. The average molecular weight is 269 g/mol. The number of benzene rings is 1. The average Bonchev–Trinajstić information content (AvgIpc) is 2.14. The van der Waals surface area contributed by atoms with E-state index in [4.69, 9.17) is 23.2 Å². The molecule has 1 aromatic carbocycles. The van der Waals surface area contributed by atoms with Gasteiger partial charge in [-0.2, -0.15) is 6.16 Å². The van der Waals surface area contributed by atoms with Gasteiger partial charge in [0.15, 0.2) is 0 Å². The van der Waals surface area contributed by atoms with E-state index < -0.39 is 0 Å². The normalized spacial score (nSPS) is 10.8. The largest absolute Gasteiger partial charge is 1.00 e. The topological polar surface area (TPSA) is 17.1 Å². The fourth-order valence-corrected chi connectivity index (χ4v) is 2.68. The number of halogens is 2. The number of rotatable bonds is 4. The van der Waals surface area contributed by atoms with Gasteiger partial charge in [-0.05, 0) is 12.1 Å². The molecular formula is C11H12Cl2LiOP. The summed E-state index contributed by atoms with van der Waals surface area (Å²) in [7, 11) is 0.753. The Hall–Kier alpha value is 0.497. The Morgan fingerprint density at radius 2 is 1.81 bits per heavy atom. The maximum Gasteiger partial charge on any atom is 1.00 e. The predicted octanol–water partition coefficient (Wildman–Crippen LogP) is 1.74. The molecule has 0 radical (unpaired) electrons. The minimum atomic E-state index is -0.000648. The molecule has 0 aliphatic heterocycles. The molecule has 0 aliphatic carbocycles. The summed E-state index contributed by atoms with van der Waals surface area (Å²) < 4.78 is 0. The second kappa shape index (κ2) is 7.75. The van der Waals surface area contributed by atoms with E-state index in [1.54, 1.807) is 18.2 Å². The molecule has 0 N–H and O–H groups in total. The minimum Gasteiger partial charge on any atom is -0.459 e. The first-order chi connectivity index (χ1) is 7.02. The second-order valence-electron chi connectivity index (χ2n) is 3.64. The van der Waals surface area contributed by atoms with E-state index in [0.717, 1.165) is 14.7 Å². The third-order valence-corrected chi connectivity index (χ3v) is 3.83. The maximum absolute atomic E-state index is 11.8. The van der Waals surface area contributed by atoms with Gasteiger partial charge in [-0.1, -0.05) is 49.0 Å². The zero-order chi connectivity index (χ0) is 11.4. The van der Waals surface area contributed by atoms with Gasteiger partial charge >= 0.3 is 18.9 Å². The number of hydrogen-bond donors (Lipinski definition) is 0. The van der Waals surface area contributed by atoms with Gasteiger partial charge in [0.2, 0.25) is 0 Å². The van der Waals surface area contributed by atoms with Crippen molar-refractivity contribution in [3.8, 4) is 0 Å². The Morgan fingerprint density at radius 1 is 1.31 bits per heavy atom. The molecule has 0 saturated carbocycles. The first-order valence-corrected chi connectivity index (χ1v) is 6.51. The summed E-state index contributed by atoms with van der Waals surface area (Å²) in [6.07, 6.45) is 0.834. The molecule has 0 saturated heterocycles. The fourth-order valence-electron chi connectivity index (χ4n) is 1.05. The Balaban J connectivity index is 0.00000225. The molecule has 0 aliphatic rings. The van der Waals surface area contributed by atoms with Crippen molar-refractivity contribution in [1.82, 2.24) is 0 Å². The Kier molecular flexibility index (Phi) is 7.99. The van der Waals surface area contributed by atoms with Gasteiger partial charge in [-0.25, -0.2) is 0 Å². The summed E-state index contributed by atoms with van der Waals surface area (Å²) in [6, 6.07) is 5.11. The molecule has 0 fully saturated rings. The van der Waals surface area contributed by atoms with Crippen LogP contribution in [0.5, 0.6) is 0 Å². The van der Waals surface area contributed by atoms with Crippen LogP contribution in [-0.2, 0) is 0 Å². The molecule has 1 rings (SSSR count). The first-order valence-electron chi connectivity index (χ1n) is 4.68. The standard InChI is InChI=1S/C11H12Cl2OP.Li/c1-7(2)6-15-11(14)10-8(12)4-3-5-9(10)13;/h3-5,7H,6H2,1-2H3;/q-1;+1. The van der Waals surface area contributed by atoms with Crippen LogP contribution in [0.25, 0.3) is 0 Å². The van der Waals surface area contributed by atoms with E-state index in [-0.39, 0.29) is 24.4 Å². The molecule has 0 spiro atoms. The number of carbonyl (C=O) groups excluding carboxylic acids is 1. The predicted molar refractivity (Wildman–Crippen MR) is 67.4 cm³/mol. The molecule has 0 aromatic heterocycles. The van der Waals surface area contributed by atoms with Crippen LogP contribution in [0.4, 0.5) is 0 Å². The van der Waals surface area contributed by atoms with E-state index >= 15 is 0 Å². The summed E-state index contributed by atoms with van der Waals surface area (Å²) in [6.45, 7) is 4.16. The summed E-state index contributed by atoms with van der Waals surface area (Å²) in [5.74, 6) is 0.497. The molecule has 0 unspecified atom stereocenters. The monoisotopic (exact) mass is 268 g/mol. The summed E-state index contributed by atoms with van der Waals surface area (Å²) in [5.41, 5.74) is 0.447. The van der Waals surface area contributed by atoms with Gasteiger partial charge in [0.05, 0.1) is 10.0 Å². The van der Waals surface area contributed by atoms with Crippen molar-refractivity contribution in [2.45, 2.75) is 13.8 Å². The van der Waals surface area contributed by atoms with Crippen LogP contribution in [0, 0.1) is 5.92 Å². The molecule has 82 valence electrons. The smallest absolute Gasteiger partial charge is 0.459 e. The maximum atomic E-state index is 11.8. The second-order valence-corrected chi connectivity index (χ2v) is 5.54. The van der Waals surface area contributed by atoms with Gasteiger partial charge in [-0.15, -0.1) is 0 Å². The van der Waals surface area contributed by atoms with Crippen LogP contribution >= 0.6 is 31.8 Å². The van der Waals surface area contributed by atoms with Crippen LogP contribution in [0.1, 0.15) is 24.2 Å². The van der Waals surface area contributed by atoms with E-state index in [0.29, 0.717) is 21.5 Å². The van der Waals surface area contributed by atoms with Gasteiger partial charge in [0.25, 0.3) is 0 Å². The van der Waals surface area contributed by atoms with Crippen LogP contribution in [0.2, 0.25) is 10.0 Å². The number of carbonyl (C=O) groups is 1. The van der Waals surface area contributed by atoms with Crippen molar-refractivity contribution < 1.29 is 23.7 Å². The SMILES string of the molecule is CC(C)C[P-]C(=O)c1c(Cl)cccc1Cl.[Li+]. The van der Waals surface area contributed by atoms with E-state index in [1.807, 2.05) is 0 Å². The Labute approximate surface area is 120 Å². The molecular weight excluding hydrogens is 257 g/mol. The summed E-state index contributed by atoms with van der Waals surface area (Å²) in [4.78, 5) is 11.8. The van der Waals surface area contributed by atoms with Crippen LogP contribution in [0.15, 0.2) is 18.2 Å². The van der Waals surface area contributed by atoms with Crippen LogP contribution in [-0.4, -0.2) is 11.7 Å². The molecule has 16 heavy (non-hydrogen) atoms. The summed E-state index contributed by atoms with van der Waals surface area (Å²) in [5, 5.41) is 0.868. The molecule has 0 amide bonds. The van der Waals surface area contributed by atoms with Gasteiger partial charge < -0.3 is 13.4 Å². The van der Waals surface area contributed by atoms with Crippen LogP contribution < -0.4 is 18.9 Å². The van der Waals surface area contributed by atoms with E-state index in [1.165, 1.54) is 0 Å². The Bertz CT molecular complexity index is 349. The van der Waals surface area contributed by atoms with Crippen molar-refractivity contribution in [3.05, 3.63) is 33.8 Å². The zero-order valence-corrected chi connectivity index (χ0v) is 12.0. The van der Waals surface area contributed by atoms with Crippen molar-refractivity contribution in [2.24, 2.45) is 5.92 Å². The molecule has 0 atom stereocenters. The van der Waals surface area contributed by atoms with Gasteiger partial charge in [-0.3, -0.25) is 0 Å². The third-order valence-electron chi connectivity index (χ3n) is 1.78. The number of hydrogen-bond acceptors (Lipinski definition) is 1. The minimum absolute atomic E-state index is 0. The molecule has 0 heterocycles. The van der Waals surface area contributed by atoms with Crippen molar-refractivity contribution in [3.63, 3.8) is 0 Å². The van der Waals surface area contributed by atoms with Crippen molar-refractivity contribution in [2.75, 3.05) is 6.16 Å². The van der Waals surface area contributed by atoms with Crippen LogP contribution in [0.3, 0.4) is 0 Å². The molecule has 1 nitrogen and oxygen atoms in total. The fraction of sp³-hybridized carbons (Fsp3) is 0.364. The van der Waals surface area contributed by atoms with Crippen molar-refractivity contribution >= 4 is 37.3 Å². The van der Waals surface area contributed by atoms with Crippen molar-refractivity contribution in [1.29, 1.82) is 0 Å². The zero-order valence-electron chi connectivity index (χ0n) is 9.63. The van der Waals surface area contributed by atoms with E-state index in [9.17, 15) is 4.79 Å². The first kappa shape index (κ1) is 16.5. The third kappa shape index (κ3) is 4.78. The van der Waals surface area contributed by atoms with Gasteiger partial charge in [0, 0.05) is 11.1 Å². The molecule has 0 bridgehead atoms. The van der Waals surface area contributed by atoms with E-state index in [2.05, 4.69) is 13.8 Å². The summed E-state index contributed by atoms with van der Waals surface area (Å²) >= 11 is 11.9. The quantitative estimate of drug-likeness (QED) is 0.601. The molecule has 5 heteroatoms. The van der Waals surface area contributed by atoms with Gasteiger partial charge in [0.1, 0.15) is 0 Å². The molecule has 1 aromatic rings.